The first-order valence-electron chi connectivity index (χ1n) is 9.13. The Balaban J connectivity index is 1.90. The molecule has 0 spiro atoms. The highest BCUT2D eigenvalue weighted by molar-refractivity contribution is 5.69. The van der Waals surface area contributed by atoms with E-state index in [1.807, 2.05) is 0 Å². The van der Waals surface area contributed by atoms with Gasteiger partial charge in [-0.3, -0.25) is 0 Å². The topological polar surface area (TPSA) is 46.5 Å². The van der Waals surface area contributed by atoms with Gasteiger partial charge in [0.1, 0.15) is 17.5 Å². The van der Waals surface area contributed by atoms with Gasteiger partial charge < -0.3 is 9.84 Å². The third-order valence-corrected chi connectivity index (χ3v) is 4.80. The minimum absolute atomic E-state index is 0.0168. The molecule has 0 saturated carbocycles. The molecule has 0 atom stereocenters. The Morgan fingerprint density at radius 3 is 2.30 bits per heavy atom. The monoisotopic (exact) mass is 418 g/mol. The van der Waals surface area contributed by atoms with Crippen LogP contribution in [0, 0.1) is 30.2 Å². The second-order valence-corrected chi connectivity index (χ2v) is 6.73. The smallest absolute Gasteiger partial charge is 0.341 e. The molecule has 0 unspecified atom stereocenters. The first-order chi connectivity index (χ1) is 14.3. The Bertz CT molecular complexity index is 1100. The van der Waals surface area contributed by atoms with E-state index in [1.54, 1.807) is 19.1 Å². The lowest BCUT2D eigenvalue weighted by Gasteiger charge is -2.14. The number of hydrogen-bond donors (Lipinski definition) is 1. The summed E-state index contributed by atoms with van der Waals surface area (Å²) in [6, 6.07) is 10.6. The molecule has 3 aromatic carbocycles. The van der Waals surface area contributed by atoms with Gasteiger partial charge in [-0.15, -0.1) is 0 Å². The van der Waals surface area contributed by atoms with Gasteiger partial charge in [-0.05, 0) is 72.4 Å². The second kappa shape index (κ2) is 8.98. The Morgan fingerprint density at radius 2 is 1.60 bits per heavy atom. The molecule has 0 amide bonds. The normalized spacial score (nSPS) is 10.8. The van der Waals surface area contributed by atoms with Crippen LogP contribution in [0.4, 0.5) is 17.6 Å². The summed E-state index contributed by atoms with van der Waals surface area (Å²) < 4.78 is 61.6. The number of halogens is 4. The van der Waals surface area contributed by atoms with Crippen molar-refractivity contribution in [1.82, 2.24) is 0 Å². The lowest BCUT2D eigenvalue weighted by atomic mass is 9.92. The molecule has 0 aliphatic rings. The molecule has 3 aromatic rings. The summed E-state index contributed by atoms with van der Waals surface area (Å²) in [4.78, 5) is 10.6. The standard InChI is InChI=1S/C23H18F4O3/c1-13-16(14-3-2-4-15(24)11-14)7-8-19(25)17(13)5-6-18-20(26)9-10-21(23(18)27)30-12-22(28)29/h2-4,7-11H,5-6,12H2,1H3,(H,28,29). The first kappa shape index (κ1) is 21.4. The van der Waals surface area contributed by atoms with Gasteiger partial charge in [0.05, 0.1) is 0 Å². The summed E-state index contributed by atoms with van der Waals surface area (Å²) in [7, 11) is 0. The van der Waals surface area contributed by atoms with Gasteiger partial charge >= 0.3 is 5.97 Å². The number of rotatable bonds is 7. The maximum absolute atomic E-state index is 14.6. The lowest BCUT2D eigenvalue weighted by Crippen LogP contribution is -2.11. The number of aliphatic carboxylic acids is 1. The SMILES string of the molecule is Cc1c(-c2cccc(F)c2)ccc(F)c1CCc1c(F)ccc(OCC(=O)O)c1F. The predicted molar refractivity (Wildman–Crippen MR) is 103 cm³/mol. The molecule has 7 heteroatoms. The number of benzene rings is 3. The fraction of sp³-hybridized carbons (Fsp3) is 0.174. The minimum Gasteiger partial charge on any atom is -0.479 e. The van der Waals surface area contributed by atoms with Crippen LogP contribution in [0.3, 0.4) is 0 Å². The number of ether oxygens (including phenoxy) is 1. The summed E-state index contributed by atoms with van der Waals surface area (Å²) in [6.07, 6.45) is -0.191. The van der Waals surface area contributed by atoms with E-state index in [2.05, 4.69) is 0 Å². The molecule has 0 fully saturated rings. The molecule has 3 rings (SSSR count). The molecular formula is C23H18F4O3. The zero-order valence-corrected chi connectivity index (χ0v) is 16.0. The van der Waals surface area contributed by atoms with E-state index >= 15 is 0 Å². The van der Waals surface area contributed by atoms with E-state index < -0.39 is 35.8 Å². The van der Waals surface area contributed by atoms with Crippen LogP contribution in [0.15, 0.2) is 48.5 Å². The highest BCUT2D eigenvalue weighted by atomic mass is 19.1. The van der Waals surface area contributed by atoms with Crippen molar-refractivity contribution in [3.05, 3.63) is 88.5 Å². The summed E-state index contributed by atoms with van der Waals surface area (Å²) in [6.45, 7) is 0.892. The maximum Gasteiger partial charge on any atom is 0.341 e. The number of carbonyl (C=O) groups is 1. The summed E-state index contributed by atoms with van der Waals surface area (Å²) in [5.74, 6) is -4.51. The molecule has 156 valence electrons. The molecule has 0 radical (unpaired) electrons. The molecule has 0 heterocycles. The zero-order chi connectivity index (χ0) is 21.8. The molecular weight excluding hydrogens is 400 g/mol. The fourth-order valence-corrected chi connectivity index (χ4v) is 3.31. The third-order valence-electron chi connectivity index (χ3n) is 4.80. The van der Waals surface area contributed by atoms with Crippen LogP contribution in [0.25, 0.3) is 11.1 Å². The van der Waals surface area contributed by atoms with Crippen LogP contribution < -0.4 is 4.74 Å². The Hall–Kier alpha value is -3.35. The molecule has 3 nitrogen and oxygen atoms in total. The van der Waals surface area contributed by atoms with Crippen molar-refractivity contribution in [2.24, 2.45) is 0 Å². The quantitative estimate of drug-likeness (QED) is 0.518. The van der Waals surface area contributed by atoms with E-state index in [0.29, 0.717) is 16.7 Å². The van der Waals surface area contributed by atoms with Gasteiger partial charge in [-0.1, -0.05) is 18.2 Å². The summed E-state index contributed by atoms with van der Waals surface area (Å²) in [5, 5.41) is 8.65. The molecule has 0 aliphatic carbocycles. The van der Waals surface area contributed by atoms with Crippen molar-refractivity contribution in [1.29, 1.82) is 0 Å². The maximum atomic E-state index is 14.6. The van der Waals surface area contributed by atoms with E-state index in [-0.39, 0.29) is 29.7 Å². The average Bonchev–Trinajstić information content (AvgIpc) is 2.69. The summed E-state index contributed by atoms with van der Waals surface area (Å²) >= 11 is 0. The first-order valence-corrected chi connectivity index (χ1v) is 9.13. The van der Waals surface area contributed by atoms with E-state index in [4.69, 9.17) is 9.84 Å². The van der Waals surface area contributed by atoms with Crippen LogP contribution in [-0.4, -0.2) is 17.7 Å². The molecule has 0 aliphatic heterocycles. The van der Waals surface area contributed by atoms with Crippen molar-refractivity contribution in [2.45, 2.75) is 19.8 Å². The van der Waals surface area contributed by atoms with Crippen LogP contribution in [0.1, 0.15) is 16.7 Å². The van der Waals surface area contributed by atoms with Crippen molar-refractivity contribution < 1.29 is 32.2 Å². The van der Waals surface area contributed by atoms with Crippen molar-refractivity contribution in [3.63, 3.8) is 0 Å². The third kappa shape index (κ3) is 4.62. The average molecular weight is 418 g/mol. The van der Waals surface area contributed by atoms with Gasteiger partial charge in [-0.2, -0.15) is 0 Å². The Labute approximate surface area is 170 Å². The van der Waals surface area contributed by atoms with Crippen LogP contribution >= 0.6 is 0 Å². The van der Waals surface area contributed by atoms with E-state index in [1.165, 1.54) is 24.3 Å². The number of carboxylic acids is 1. The van der Waals surface area contributed by atoms with E-state index in [0.717, 1.165) is 12.1 Å². The number of carboxylic acid groups (broad SMARTS) is 1. The van der Waals surface area contributed by atoms with Gasteiger partial charge in [0.2, 0.25) is 0 Å². The lowest BCUT2D eigenvalue weighted by molar-refractivity contribution is -0.139. The van der Waals surface area contributed by atoms with Crippen LogP contribution in [0.2, 0.25) is 0 Å². The van der Waals surface area contributed by atoms with Gasteiger partial charge in [0.15, 0.2) is 18.2 Å². The predicted octanol–water partition coefficient (Wildman–Crippen LogP) is 5.47. The molecule has 0 bridgehead atoms. The van der Waals surface area contributed by atoms with Gasteiger partial charge in [0, 0.05) is 5.56 Å². The fourth-order valence-electron chi connectivity index (χ4n) is 3.31. The highest BCUT2D eigenvalue weighted by Crippen LogP contribution is 2.30. The van der Waals surface area contributed by atoms with E-state index in [9.17, 15) is 22.4 Å². The Morgan fingerprint density at radius 1 is 0.933 bits per heavy atom. The second-order valence-electron chi connectivity index (χ2n) is 6.73. The molecule has 30 heavy (non-hydrogen) atoms. The highest BCUT2D eigenvalue weighted by Gasteiger charge is 2.18. The Kier molecular flexibility index (Phi) is 6.40. The largest absolute Gasteiger partial charge is 0.479 e. The van der Waals surface area contributed by atoms with Crippen molar-refractivity contribution in [3.8, 4) is 16.9 Å². The minimum atomic E-state index is -1.30. The van der Waals surface area contributed by atoms with Crippen molar-refractivity contribution in [2.75, 3.05) is 6.61 Å². The van der Waals surface area contributed by atoms with Gasteiger partial charge in [0.25, 0.3) is 0 Å². The zero-order valence-electron chi connectivity index (χ0n) is 16.0. The van der Waals surface area contributed by atoms with Crippen LogP contribution in [0.5, 0.6) is 5.75 Å². The van der Waals surface area contributed by atoms with Crippen LogP contribution in [-0.2, 0) is 17.6 Å². The molecule has 0 saturated heterocycles. The summed E-state index contributed by atoms with van der Waals surface area (Å²) in [5.41, 5.74) is 1.65. The molecule has 0 aromatic heterocycles. The molecule has 1 N–H and O–H groups in total. The van der Waals surface area contributed by atoms with Gasteiger partial charge in [-0.25, -0.2) is 22.4 Å². The number of hydrogen-bond acceptors (Lipinski definition) is 2. The van der Waals surface area contributed by atoms with Crippen molar-refractivity contribution >= 4 is 5.97 Å².